The summed E-state index contributed by atoms with van der Waals surface area (Å²) in [6.45, 7) is 10.2. The van der Waals surface area contributed by atoms with E-state index in [4.69, 9.17) is 20.5 Å². The molecule has 0 spiro atoms. The fraction of sp³-hybridized carbons (Fsp3) is 1.00. The molecule has 0 fully saturated rings. The van der Waals surface area contributed by atoms with E-state index in [0.717, 1.165) is 0 Å². The predicted octanol–water partition coefficient (Wildman–Crippen LogP) is 2.69. The lowest BCUT2D eigenvalue weighted by atomic mass is 10.5. The van der Waals surface area contributed by atoms with Crippen LogP contribution < -0.4 is 0 Å². The van der Waals surface area contributed by atoms with Crippen molar-refractivity contribution >= 4 is 20.9 Å². The smallest absolute Gasteiger partial charge is 0.326 e. The third-order valence-corrected chi connectivity index (χ3v) is 5.10. The predicted molar refractivity (Wildman–Crippen MR) is 59.7 cm³/mol. The number of halogens is 1. The second kappa shape index (κ2) is 6.82. The van der Waals surface area contributed by atoms with Gasteiger partial charge in [0, 0.05) is 23.6 Å². The third kappa shape index (κ3) is 6.49. The molecule has 0 rings (SSSR count). The molecule has 1 atom stereocenters. The first kappa shape index (κ1) is 13.4. The maximum atomic E-state index is 5.79. The van der Waals surface area contributed by atoms with E-state index in [2.05, 4.69) is 6.92 Å². The Hall–Kier alpha value is 0.427. The summed E-state index contributed by atoms with van der Waals surface area (Å²) in [4.78, 5) is 0. The number of alkyl halides is 1. The molecule has 80 valence electrons. The largest absolute Gasteiger partial charge is 0.394 e. The van der Waals surface area contributed by atoms with E-state index in [0.29, 0.717) is 11.4 Å². The minimum atomic E-state index is -1.58. The molecule has 0 saturated carbocycles. The maximum absolute atomic E-state index is 5.79. The lowest BCUT2D eigenvalue weighted by Crippen LogP contribution is -2.33. The molecule has 0 amide bonds. The molecule has 0 aliphatic heterocycles. The van der Waals surface area contributed by atoms with Gasteiger partial charge in [0.1, 0.15) is 0 Å². The molecule has 0 aromatic carbocycles. The van der Waals surface area contributed by atoms with Crippen molar-refractivity contribution in [2.45, 2.75) is 52.4 Å². The molecule has 0 N–H and O–H groups in total. The Morgan fingerprint density at radius 1 is 1.00 bits per heavy atom. The van der Waals surface area contributed by atoms with Crippen molar-refractivity contribution in [2.75, 3.05) is 5.88 Å². The lowest BCUT2D eigenvalue weighted by Gasteiger charge is -2.25. The first-order valence-electron chi connectivity index (χ1n) is 4.84. The maximum Gasteiger partial charge on any atom is 0.326 e. The van der Waals surface area contributed by atoms with Gasteiger partial charge in [-0.3, -0.25) is 0 Å². The molecule has 1 unspecified atom stereocenters. The minimum absolute atomic E-state index is 0.237. The molecular weight excluding hydrogens is 204 g/mol. The SMILES string of the molecule is CC(C)O[SiH](OC(C)C)C(C)CCl. The number of hydrogen-bond donors (Lipinski definition) is 0. The van der Waals surface area contributed by atoms with Crippen molar-refractivity contribution in [3.63, 3.8) is 0 Å². The highest BCUT2D eigenvalue weighted by molar-refractivity contribution is 6.48. The van der Waals surface area contributed by atoms with Crippen molar-refractivity contribution in [3.05, 3.63) is 0 Å². The summed E-state index contributed by atoms with van der Waals surface area (Å²) in [5, 5.41) is 0. The molecule has 0 saturated heterocycles. The van der Waals surface area contributed by atoms with Gasteiger partial charge in [0.05, 0.1) is 0 Å². The average Bonchev–Trinajstić information content (AvgIpc) is 2.00. The van der Waals surface area contributed by atoms with Crippen molar-refractivity contribution in [1.82, 2.24) is 0 Å². The summed E-state index contributed by atoms with van der Waals surface area (Å²) in [5.74, 6) is 0.621. The van der Waals surface area contributed by atoms with Gasteiger partial charge in [-0.15, -0.1) is 11.6 Å². The van der Waals surface area contributed by atoms with Crippen LogP contribution in [0.1, 0.15) is 34.6 Å². The Morgan fingerprint density at radius 3 is 1.62 bits per heavy atom. The molecule has 2 nitrogen and oxygen atoms in total. The highest BCUT2D eigenvalue weighted by Crippen LogP contribution is 2.16. The zero-order valence-electron chi connectivity index (χ0n) is 9.21. The zero-order chi connectivity index (χ0) is 10.4. The van der Waals surface area contributed by atoms with Gasteiger partial charge < -0.3 is 8.85 Å². The van der Waals surface area contributed by atoms with Crippen LogP contribution >= 0.6 is 11.6 Å². The molecule has 0 heterocycles. The van der Waals surface area contributed by atoms with Gasteiger partial charge in [-0.25, -0.2) is 0 Å². The monoisotopic (exact) mass is 224 g/mol. The first-order valence-corrected chi connectivity index (χ1v) is 6.98. The van der Waals surface area contributed by atoms with Gasteiger partial charge in [0.25, 0.3) is 0 Å². The van der Waals surface area contributed by atoms with E-state index in [9.17, 15) is 0 Å². The lowest BCUT2D eigenvalue weighted by molar-refractivity contribution is 0.125. The molecular formula is C9H21ClO2Si. The fourth-order valence-electron chi connectivity index (χ4n) is 0.910. The fourth-order valence-corrected chi connectivity index (χ4v) is 3.17. The zero-order valence-corrected chi connectivity index (χ0v) is 11.1. The van der Waals surface area contributed by atoms with Crippen LogP contribution in [0.2, 0.25) is 5.54 Å². The summed E-state index contributed by atoms with van der Waals surface area (Å²) in [6.07, 6.45) is 0.474. The summed E-state index contributed by atoms with van der Waals surface area (Å²) in [6, 6.07) is 0. The molecule has 0 aliphatic rings. The Labute approximate surface area is 88.4 Å². The van der Waals surface area contributed by atoms with Crippen LogP contribution in [0.4, 0.5) is 0 Å². The van der Waals surface area contributed by atoms with Crippen molar-refractivity contribution in [3.8, 4) is 0 Å². The molecule has 4 heteroatoms. The average molecular weight is 225 g/mol. The van der Waals surface area contributed by atoms with Crippen molar-refractivity contribution < 1.29 is 8.85 Å². The van der Waals surface area contributed by atoms with E-state index in [1.54, 1.807) is 0 Å². The van der Waals surface area contributed by atoms with Gasteiger partial charge in [-0.1, -0.05) is 6.92 Å². The highest BCUT2D eigenvalue weighted by Gasteiger charge is 2.23. The van der Waals surface area contributed by atoms with E-state index >= 15 is 0 Å². The van der Waals surface area contributed by atoms with Crippen LogP contribution in [0.15, 0.2) is 0 Å². The third-order valence-electron chi connectivity index (χ3n) is 1.52. The van der Waals surface area contributed by atoms with E-state index in [-0.39, 0.29) is 12.2 Å². The first-order chi connectivity index (χ1) is 5.97. The van der Waals surface area contributed by atoms with Crippen LogP contribution in [0.5, 0.6) is 0 Å². The summed E-state index contributed by atoms with van der Waals surface area (Å²) in [5.41, 5.74) is 0.367. The standard InChI is InChI=1S/C9H21ClO2Si/c1-7(2)11-13(9(5)6-10)12-8(3)4/h7-9,13H,6H2,1-5H3. The Kier molecular flexibility index (Phi) is 7.04. The van der Waals surface area contributed by atoms with Gasteiger partial charge >= 0.3 is 9.28 Å². The molecule has 0 aromatic rings. The second-order valence-electron chi connectivity index (χ2n) is 3.87. The van der Waals surface area contributed by atoms with E-state index in [1.807, 2.05) is 27.7 Å². The van der Waals surface area contributed by atoms with Crippen LogP contribution in [-0.2, 0) is 8.85 Å². The molecule has 13 heavy (non-hydrogen) atoms. The molecule has 0 aliphatic carbocycles. The topological polar surface area (TPSA) is 18.5 Å². The normalized spacial score (nSPS) is 14.5. The number of hydrogen-bond acceptors (Lipinski definition) is 2. The quantitative estimate of drug-likeness (QED) is 0.510. The van der Waals surface area contributed by atoms with Gasteiger partial charge in [0.15, 0.2) is 0 Å². The van der Waals surface area contributed by atoms with Crippen LogP contribution in [0.3, 0.4) is 0 Å². The van der Waals surface area contributed by atoms with E-state index in [1.165, 1.54) is 0 Å². The molecule has 0 aromatic heterocycles. The van der Waals surface area contributed by atoms with Gasteiger partial charge in [-0.2, -0.15) is 0 Å². The van der Waals surface area contributed by atoms with Crippen molar-refractivity contribution in [1.29, 1.82) is 0 Å². The van der Waals surface area contributed by atoms with Crippen molar-refractivity contribution in [2.24, 2.45) is 0 Å². The van der Waals surface area contributed by atoms with Crippen LogP contribution in [0, 0.1) is 0 Å². The summed E-state index contributed by atoms with van der Waals surface area (Å²) >= 11 is 5.79. The van der Waals surface area contributed by atoms with Crippen LogP contribution in [0.25, 0.3) is 0 Å². The second-order valence-corrected chi connectivity index (χ2v) is 6.60. The molecule has 0 radical (unpaired) electrons. The van der Waals surface area contributed by atoms with Gasteiger partial charge in [0.2, 0.25) is 0 Å². The molecule has 0 bridgehead atoms. The summed E-state index contributed by atoms with van der Waals surface area (Å²) in [7, 11) is -1.58. The van der Waals surface area contributed by atoms with Crippen LogP contribution in [-0.4, -0.2) is 27.4 Å². The van der Waals surface area contributed by atoms with Gasteiger partial charge in [-0.05, 0) is 27.7 Å². The summed E-state index contributed by atoms with van der Waals surface area (Å²) < 4.78 is 11.5. The number of rotatable bonds is 6. The highest BCUT2D eigenvalue weighted by atomic mass is 35.5. The van der Waals surface area contributed by atoms with E-state index < -0.39 is 9.28 Å². The minimum Gasteiger partial charge on any atom is -0.394 e. The Morgan fingerprint density at radius 2 is 1.38 bits per heavy atom. The Bertz CT molecular complexity index is 121. The Balaban J connectivity index is 4.02.